The first-order valence-electron chi connectivity index (χ1n) is 10.4. The predicted molar refractivity (Wildman–Crippen MR) is 118 cm³/mol. The Balaban J connectivity index is 1.83. The van der Waals surface area contributed by atoms with Crippen LogP contribution < -0.4 is 14.8 Å². The van der Waals surface area contributed by atoms with Gasteiger partial charge in [0.2, 0.25) is 5.91 Å². The molecular formula is C24H30N2O5. The fourth-order valence-corrected chi connectivity index (χ4v) is 3.99. The normalized spacial score (nSPS) is 18.4. The minimum absolute atomic E-state index is 0.0530. The van der Waals surface area contributed by atoms with Gasteiger partial charge < -0.3 is 24.4 Å². The second-order valence-corrected chi connectivity index (χ2v) is 7.60. The second-order valence-electron chi connectivity index (χ2n) is 7.60. The van der Waals surface area contributed by atoms with E-state index in [-0.39, 0.29) is 23.7 Å². The lowest BCUT2D eigenvalue weighted by molar-refractivity contribution is -0.126. The number of rotatable bonds is 8. The fraction of sp³-hybridized carbons (Fsp3) is 0.417. The zero-order valence-corrected chi connectivity index (χ0v) is 18.3. The van der Waals surface area contributed by atoms with Gasteiger partial charge in [0.25, 0.3) is 5.91 Å². The molecule has 2 atom stereocenters. The molecule has 2 aromatic rings. The van der Waals surface area contributed by atoms with Crippen molar-refractivity contribution in [3.05, 3.63) is 59.7 Å². The molecule has 1 aliphatic rings. The number of piperidine rings is 1. The summed E-state index contributed by atoms with van der Waals surface area (Å²) in [5, 5.41) is 2.92. The van der Waals surface area contributed by atoms with Gasteiger partial charge in [-0.25, -0.2) is 0 Å². The van der Waals surface area contributed by atoms with Crippen molar-refractivity contribution in [2.24, 2.45) is 5.92 Å². The van der Waals surface area contributed by atoms with Gasteiger partial charge in [-0.3, -0.25) is 9.59 Å². The van der Waals surface area contributed by atoms with Crippen molar-refractivity contribution in [3.63, 3.8) is 0 Å². The van der Waals surface area contributed by atoms with E-state index in [0.29, 0.717) is 49.7 Å². The first kappa shape index (κ1) is 22.6. The molecule has 2 aromatic carbocycles. The van der Waals surface area contributed by atoms with Crippen molar-refractivity contribution >= 4 is 11.8 Å². The van der Waals surface area contributed by atoms with Gasteiger partial charge in [-0.1, -0.05) is 30.3 Å². The molecule has 31 heavy (non-hydrogen) atoms. The third-order valence-corrected chi connectivity index (χ3v) is 5.62. The highest BCUT2D eigenvalue weighted by Crippen LogP contribution is 2.33. The Morgan fingerprint density at radius 1 is 1.00 bits per heavy atom. The number of carbonyl (C=O) groups excluding carboxylic acids is 2. The van der Waals surface area contributed by atoms with Gasteiger partial charge in [-0.15, -0.1) is 0 Å². The molecule has 2 unspecified atom stereocenters. The maximum atomic E-state index is 13.4. The summed E-state index contributed by atoms with van der Waals surface area (Å²) in [4.78, 5) is 27.9. The summed E-state index contributed by atoms with van der Waals surface area (Å²) in [7, 11) is 4.70. The molecule has 0 aliphatic carbocycles. The van der Waals surface area contributed by atoms with E-state index in [1.807, 2.05) is 18.2 Å². The van der Waals surface area contributed by atoms with Gasteiger partial charge >= 0.3 is 0 Å². The number of nitrogens with one attached hydrogen (secondary N) is 1. The maximum absolute atomic E-state index is 13.4. The molecule has 0 saturated carbocycles. The van der Waals surface area contributed by atoms with Crippen LogP contribution in [0.15, 0.2) is 48.5 Å². The average Bonchev–Trinajstić information content (AvgIpc) is 2.83. The molecule has 2 amide bonds. The van der Waals surface area contributed by atoms with E-state index in [4.69, 9.17) is 14.2 Å². The highest BCUT2D eigenvalue weighted by Gasteiger charge is 2.35. The molecule has 1 heterocycles. The number of benzene rings is 2. The van der Waals surface area contributed by atoms with Gasteiger partial charge in [-0.2, -0.15) is 0 Å². The minimum atomic E-state index is -0.292. The first-order chi connectivity index (χ1) is 15.1. The maximum Gasteiger partial charge on any atom is 0.254 e. The minimum Gasteiger partial charge on any atom is -0.493 e. The molecule has 1 aliphatic heterocycles. The smallest absolute Gasteiger partial charge is 0.254 e. The topological polar surface area (TPSA) is 77.1 Å². The molecule has 7 heteroatoms. The lowest BCUT2D eigenvalue weighted by Gasteiger charge is -2.37. The Hall–Kier alpha value is -3.06. The Morgan fingerprint density at radius 2 is 1.74 bits per heavy atom. The Labute approximate surface area is 183 Å². The Morgan fingerprint density at radius 3 is 2.42 bits per heavy atom. The first-order valence-corrected chi connectivity index (χ1v) is 10.4. The highest BCUT2D eigenvalue weighted by molar-refractivity contribution is 5.95. The van der Waals surface area contributed by atoms with Crippen LogP contribution in [-0.2, 0) is 9.53 Å². The highest BCUT2D eigenvalue weighted by atomic mass is 16.5. The summed E-state index contributed by atoms with van der Waals surface area (Å²) < 4.78 is 15.6. The molecule has 1 N–H and O–H groups in total. The predicted octanol–water partition coefficient (Wildman–Crippen LogP) is 2.71. The number of likely N-dealkylation sites (tertiary alicyclic amines) is 1. The van der Waals surface area contributed by atoms with Crippen LogP contribution in [-0.4, -0.2) is 64.3 Å². The monoisotopic (exact) mass is 426 g/mol. The van der Waals surface area contributed by atoms with E-state index in [2.05, 4.69) is 17.4 Å². The van der Waals surface area contributed by atoms with E-state index in [1.54, 1.807) is 44.4 Å². The third kappa shape index (κ3) is 5.55. The number of amides is 2. The average molecular weight is 427 g/mol. The number of hydrogen-bond acceptors (Lipinski definition) is 5. The molecule has 1 fully saturated rings. The summed E-state index contributed by atoms with van der Waals surface area (Å²) in [6, 6.07) is 15.2. The van der Waals surface area contributed by atoms with Gasteiger partial charge in [0.15, 0.2) is 11.5 Å². The second kappa shape index (κ2) is 10.8. The lowest BCUT2D eigenvalue weighted by Crippen LogP contribution is -2.48. The van der Waals surface area contributed by atoms with Gasteiger partial charge in [0, 0.05) is 38.2 Å². The van der Waals surface area contributed by atoms with E-state index in [1.165, 1.54) is 0 Å². The van der Waals surface area contributed by atoms with Crippen LogP contribution in [0.25, 0.3) is 0 Å². The lowest BCUT2D eigenvalue weighted by atomic mass is 9.83. The number of methoxy groups -OCH3 is 3. The van der Waals surface area contributed by atoms with E-state index < -0.39 is 0 Å². The van der Waals surface area contributed by atoms with Crippen molar-refractivity contribution in [2.45, 2.75) is 12.3 Å². The Kier molecular flexibility index (Phi) is 7.89. The van der Waals surface area contributed by atoms with Gasteiger partial charge in [-0.05, 0) is 30.2 Å². The van der Waals surface area contributed by atoms with E-state index in [0.717, 1.165) is 5.56 Å². The molecule has 0 bridgehead atoms. The largest absolute Gasteiger partial charge is 0.493 e. The fourth-order valence-electron chi connectivity index (χ4n) is 3.99. The summed E-state index contributed by atoms with van der Waals surface area (Å²) in [6.07, 6.45) is 0.693. The molecule has 0 aromatic heterocycles. The summed E-state index contributed by atoms with van der Waals surface area (Å²) in [5.41, 5.74) is 1.63. The third-order valence-electron chi connectivity index (χ3n) is 5.62. The summed E-state index contributed by atoms with van der Waals surface area (Å²) in [5.74, 6) is 0.672. The summed E-state index contributed by atoms with van der Waals surface area (Å²) in [6.45, 7) is 1.83. The SMILES string of the molecule is COCCNC(=O)C1CC(c2ccccc2)CN(C(=O)c2ccc(OC)c(OC)c2)C1. The van der Waals surface area contributed by atoms with Crippen molar-refractivity contribution in [1.82, 2.24) is 10.2 Å². The molecule has 1 saturated heterocycles. The molecule has 3 rings (SSSR count). The zero-order valence-electron chi connectivity index (χ0n) is 18.3. The molecule has 0 radical (unpaired) electrons. The van der Waals surface area contributed by atoms with Crippen LogP contribution in [0, 0.1) is 5.92 Å². The number of carbonyl (C=O) groups is 2. The van der Waals surface area contributed by atoms with Crippen LogP contribution >= 0.6 is 0 Å². The Bertz CT molecular complexity index is 887. The van der Waals surface area contributed by atoms with Gasteiger partial charge in [0.05, 0.1) is 26.7 Å². The van der Waals surface area contributed by atoms with Crippen LogP contribution in [0.5, 0.6) is 11.5 Å². The van der Waals surface area contributed by atoms with Crippen LogP contribution in [0.4, 0.5) is 0 Å². The van der Waals surface area contributed by atoms with Crippen LogP contribution in [0.1, 0.15) is 28.3 Å². The quantitative estimate of drug-likeness (QED) is 0.657. The molecule has 7 nitrogen and oxygen atoms in total. The number of ether oxygens (including phenoxy) is 3. The van der Waals surface area contributed by atoms with E-state index >= 15 is 0 Å². The summed E-state index contributed by atoms with van der Waals surface area (Å²) >= 11 is 0. The van der Waals surface area contributed by atoms with Crippen molar-refractivity contribution in [1.29, 1.82) is 0 Å². The van der Waals surface area contributed by atoms with Crippen LogP contribution in [0.2, 0.25) is 0 Å². The molecular weight excluding hydrogens is 396 g/mol. The molecule has 166 valence electrons. The van der Waals surface area contributed by atoms with Crippen molar-refractivity contribution < 1.29 is 23.8 Å². The van der Waals surface area contributed by atoms with Crippen molar-refractivity contribution in [2.75, 3.05) is 47.6 Å². The molecule has 0 spiro atoms. The zero-order chi connectivity index (χ0) is 22.2. The van der Waals surface area contributed by atoms with Crippen LogP contribution in [0.3, 0.4) is 0 Å². The number of hydrogen-bond donors (Lipinski definition) is 1. The van der Waals surface area contributed by atoms with Crippen molar-refractivity contribution in [3.8, 4) is 11.5 Å². The van der Waals surface area contributed by atoms with E-state index in [9.17, 15) is 9.59 Å². The van der Waals surface area contributed by atoms with Gasteiger partial charge in [0.1, 0.15) is 0 Å². The number of nitrogens with zero attached hydrogens (tertiary/aromatic N) is 1. The standard InChI is InChI=1S/C24H30N2O5/c1-29-12-11-25-23(27)20-13-19(17-7-5-4-6-8-17)15-26(16-20)24(28)18-9-10-21(30-2)22(14-18)31-3/h4-10,14,19-20H,11-13,15-16H2,1-3H3,(H,25,27).